The molecule has 1 nitrogen and oxygen atoms in total. The Morgan fingerprint density at radius 2 is 1.82 bits per heavy atom. The fraction of sp³-hybridized carbons (Fsp3) is 0.500. The van der Waals surface area contributed by atoms with E-state index in [-0.39, 0.29) is 5.56 Å². The highest BCUT2D eigenvalue weighted by Gasteiger charge is 2.23. The zero-order valence-corrected chi connectivity index (χ0v) is 6.74. The van der Waals surface area contributed by atoms with Crippen molar-refractivity contribution in [2.45, 2.75) is 26.2 Å². The summed E-state index contributed by atoms with van der Waals surface area (Å²) in [7, 11) is 0. The quantitative estimate of drug-likeness (QED) is 0.568. The molecule has 0 unspecified atom stereocenters. The summed E-state index contributed by atoms with van der Waals surface area (Å²) >= 11 is 0. The number of halogens is 2. The van der Waals surface area contributed by atoms with Gasteiger partial charge in [0.2, 0.25) is 5.82 Å². The largest absolute Gasteiger partial charge is 0.437 e. The van der Waals surface area contributed by atoms with Crippen LogP contribution in [0.2, 0.25) is 0 Å². The third-order valence-electron chi connectivity index (χ3n) is 1.50. The summed E-state index contributed by atoms with van der Waals surface area (Å²) in [6, 6.07) is -1.13. The SMILES string of the molecule is CC(C)(C)c1coc(F)c1F. The van der Waals surface area contributed by atoms with E-state index in [9.17, 15) is 8.78 Å². The minimum Gasteiger partial charge on any atom is -0.437 e. The fourth-order valence-corrected chi connectivity index (χ4v) is 0.826. The van der Waals surface area contributed by atoms with E-state index >= 15 is 0 Å². The monoisotopic (exact) mass is 160 g/mol. The van der Waals surface area contributed by atoms with Gasteiger partial charge in [0, 0.05) is 5.56 Å². The van der Waals surface area contributed by atoms with Gasteiger partial charge in [-0.3, -0.25) is 0 Å². The topological polar surface area (TPSA) is 13.1 Å². The van der Waals surface area contributed by atoms with Gasteiger partial charge in [-0.05, 0) is 5.41 Å². The molecule has 1 aromatic heterocycles. The zero-order valence-electron chi connectivity index (χ0n) is 6.74. The highest BCUT2D eigenvalue weighted by atomic mass is 19.2. The minimum absolute atomic E-state index is 0.273. The average molecular weight is 160 g/mol. The second-order valence-corrected chi connectivity index (χ2v) is 3.49. The highest BCUT2D eigenvalue weighted by Crippen LogP contribution is 2.27. The van der Waals surface area contributed by atoms with E-state index in [0.717, 1.165) is 6.26 Å². The normalized spacial score (nSPS) is 12.1. The average Bonchev–Trinajstić information content (AvgIpc) is 2.11. The Morgan fingerprint density at radius 3 is 2.00 bits per heavy atom. The number of hydrogen-bond acceptors (Lipinski definition) is 1. The van der Waals surface area contributed by atoms with Crippen LogP contribution in [0.15, 0.2) is 10.7 Å². The predicted molar refractivity (Wildman–Crippen MR) is 37.3 cm³/mol. The summed E-state index contributed by atoms with van der Waals surface area (Å²) < 4.78 is 29.4. The molecule has 0 bridgehead atoms. The van der Waals surface area contributed by atoms with Crippen molar-refractivity contribution < 1.29 is 13.2 Å². The highest BCUT2D eigenvalue weighted by molar-refractivity contribution is 5.19. The maximum atomic E-state index is 12.8. The van der Waals surface area contributed by atoms with Gasteiger partial charge in [-0.2, -0.15) is 8.78 Å². The predicted octanol–water partition coefficient (Wildman–Crippen LogP) is 2.86. The second kappa shape index (κ2) is 2.32. The van der Waals surface area contributed by atoms with Crippen molar-refractivity contribution in [1.29, 1.82) is 0 Å². The molecule has 0 aromatic carbocycles. The standard InChI is InChI=1S/C8H10F2O/c1-8(2,3)5-4-11-7(10)6(5)9/h4H,1-3H3. The first-order chi connectivity index (χ1) is 4.93. The van der Waals surface area contributed by atoms with Crippen LogP contribution in [0, 0.1) is 11.8 Å². The summed E-state index contributed by atoms with van der Waals surface area (Å²) in [6.45, 7) is 5.38. The molecule has 0 amide bonds. The van der Waals surface area contributed by atoms with Crippen LogP contribution in [-0.2, 0) is 5.41 Å². The van der Waals surface area contributed by atoms with Crippen molar-refractivity contribution in [2.75, 3.05) is 0 Å². The van der Waals surface area contributed by atoms with Crippen molar-refractivity contribution >= 4 is 0 Å². The summed E-state index contributed by atoms with van der Waals surface area (Å²) in [5, 5.41) is 0. The van der Waals surface area contributed by atoms with Gasteiger partial charge in [0.15, 0.2) is 0 Å². The van der Waals surface area contributed by atoms with Crippen LogP contribution in [-0.4, -0.2) is 0 Å². The first kappa shape index (κ1) is 8.24. The van der Waals surface area contributed by atoms with Gasteiger partial charge in [0.25, 0.3) is 0 Å². The lowest BCUT2D eigenvalue weighted by atomic mass is 9.89. The van der Waals surface area contributed by atoms with Crippen LogP contribution in [0.3, 0.4) is 0 Å². The van der Waals surface area contributed by atoms with Crippen molar-refractivity contribution in [3.8, 4) is 0 Å². The molecule has 62 valence electrons. The van der Waals surface area contributed by atoms with E-state index in [2.05, 4.69) is 4.42 Å². The molecule has 1 rings (SSSR count). The maximum absolute atomic E-state index is 12.8. The molecular formula is C8H10F2O. The molecule has 0 saturated heterocycles. The van der Waals surface area contributed by atoms with Gasteiger partial charge in [-0.15, -0.1) is 0 Å². The molecule has 0 atom stereocenters. The molecular weight excluding hydrogens is 150 g/mol. The Morgan fingerprint density at radius 1 is 1.27 bits per heavy atom. The molecule has 11 heavy (non-hydrogen) atoms. The smallest absolute Gasteiger partial charge is 0.314 e. The molecule has 0 aliphatic rings. The van der Waals surface area contributed by atoms with Gasteiger partial charge in [-0.1, -0.05) is 20.8 Å². The molecule has 1 aromatic rings. The molecule has 0 spiro atoms. The van der Waals surface area contributed by atoms with E-state index in [4.69, 9.17) is 0 Å². The summed E-state index contributed by atoms with van der Waals surface area (Å²) in [6.07, 6.45) is 1.12. The second-order valence-electron chi connectivity index (χ2n) is 3.49. The lowest BCUT2D eigenvalue weighted by Gasteiger charge is -2.14. The number of rotatable bonds is 0. The van der Waals surface area contributed by atoms with Gasteiger partial charge in [-0.25, -0.2) is 0 Å². The van der Waals surface area contributed by atoms with Gasteiger partial charge in [0.1, 0.15) is 6.26 Å². The summed E-state index contributed by atoms with van der Waals surface area (Å²) in [4.78, 5) is 0. The van der Waals surface area contributed by atoms with Crippen LogP contribution in [0.5, 0.6) is 0 Å². The Hall–Kier alpha value is -0.860. The van der Waals surface area contributed by atoms with Gasteiger partial charge in [0.05, 0.1) is 0 Å². The zero-order chi connectivity index (χ0) is 8.65. The molecule has 0 aliphatic heterocycles. The van der Waals surface area contributed by atoms with Crippen LogP contribution in [0.25, 0.3) is 0 Å². The van der Waals surface area contributed by atoms with Crippen LogP contribution < -0.4 is 0 Å². The van der Waals surface area contributed by atoms with E-state index in [1.54, 1.807) is 20.8 Å². The molecule has 0 N–H and O–H groups in total. The van der Waals surface area contributed by atoms with Crippen molar-refractivity contribution in [3.05, 3.63) is 23.7 Å². The van der Waals surface area contributed by atoms with Crippen molar-refractivity contribution in [3.63, 3.8) is 0 Å². The Balaban J connectivity index is 3.15. The van der Waals surface area contributed by atoms with E-state index in [1.165, 1.54) is 0 Å². The molecule has 1 heterocycles. The third kappa shape index (κ3) is 1.42. The van der Waals surface area contributed by atoms with E-state index in [0.29, 0.717) is 0 Å². The van der Waals surface area contributed by atoms with E-state index < -0.39 is 17.2 Å². The first-order valence-electron chi connectivity index (χ1n) is 3.36. The molecule has 0 saturated carbocycles. The summed E-state index contributed by atoms with van der Waals surface area (Å²) in [5.74, 6) is -0.877. The van der Waals surface area contributed by atoms with Gasteiger partial charge < -0.3 is 4.42 Å². The van der Waals surface area contributed by atoms with Crippen LogP contribution in [0.1, 0.15) is 26.3 Å². The first-order valence-corrected chi connectivity index (χ1v) is 3.36. The Labute approximate surface area is 64.0 Å². The van der Waals surface area contributed by atoms with Crippen molar-refractivity contribution in [2.24, 2.45) is 0 Å². The maximum Gasteiger partial charge on any atom is 0.314 e. The third-order valence-corrected chi connectivity index (χ3v) is 1.50. The molecule has 0 fully saturated rings. The van der Waals surface area contributed by atoms with E-state index in [1.807, 2.05) is 0 Å². The van der Waals surface area contributed by atoms with Gasteiger partial charge >= 0.3 is 6.01 Å². The van der Waals surface area contributed by atoms with Crippen LogP contribution >= 0.6 is 0 Å². The Kier molecular flexibility index (Phi) is 1.74. The van der Waals surface area contributed by atoms with Crippen LogP contribution in [0.4, 0.5) is 8.78 Å². The lowest BCUT2D eigenvalue weighted by Crippen LogP contribution is -2.11. The fourth-order valence-electron chi connectivity index (χ4n) is 0.826. The lowest BCUT2D eigenvalue weighted by molar-refractivity contribution is 0.326. The number of furan rings is 1. The number of hydrogen-bond donors (Lipinski definition) is 0. The van der Waals surface area contributed by atoms with Crippen molar-refractivity contribution in [1.82, 2.24) is 0 Å². The molecule has 0 aliphatic carbocycles. The minimum atomic E-state index is -1.13. The summed E-state index contributed by atoms with van der Waals surface area (Å²) in [5.41, 5.74) is -0.132. The Bertz CT molecular complexity index is 258. The molecule has 3 heteroatoms. The molecule has 0 radical (unpaired) electrons.